The van der Waals surface area contributed by atoms with Crippen LogP contribution in [0.2, 0.25) is 5.02 Å². The maximum atomic E-state index is 13.0. The number of amides is 2. The predicted octanol–water partition coefficient (Wildman–Crippen LogP) is 3.85. The molecular weight excluding hydrogens is 418 g/mol. The number of rotatable bonds is 4. The van der Waals surface area contributed by atoms with Gasteiger partial charge >= 0.3 is 0 Å². The third-order valence-corrected chi connectivity index (χ3v) is 5.27. The van der Waals surface area contributed by atoms with Crippen molar-refractivity contribution in [3.05, 3.63) is 74.5 Å². The molecule has 0 unspecified atom stereocenters. The fraction of sp³-hybridized carbons (Fsp3) is 0.182. The third kappa shape index (κ3) is 4.44. The highest BCUT2D eigenvalue weighted by molar-refractivity contribution is 6.30. The zero-order chi connectivity index (χ0) is 22.1. The lowest BCUT2D eigenvalue weighted by Crippen LogP contribution is -2.36. The maximum absolute atomic E-state index is 13.0. The Balaban J connectivity index is 1.64. The van der Waals surface area contributed by atoms with E-state index in [0.717, 1.165) is 11.1 Å². The molecule has 9 heteroatoms. The molecule has 1 atom stereocenters. The summed E-state index contributed by atoms with van der Waals surface area (Å²) in [5.41, 5.74) is 2.88. The van der Waals surface area contributed by atoms with Gasteiger partial charge in [-0.25, -0.2) is 0 Å². The van der Waals surface area contributed by atoms with Crippen molar-refractivity contribution in [2.24, 2.45) is 0 Å². The molecule has 4 N–H and O–H groups in total. The van der Waals surface area contributed by atoms with Crippen LogP contribution in [0.25, 0.3) is 0 Å². The Kier molecular flexibility index (Phi) is 5.48. The average molecular weight is 438 g/mol. The second kappa shape index (κ2) is 8.23. The number of fused-ring (bicyclic) bond motifs is 1. The molecule has 158 valence electrons. The number of carbonyl (C=O) groups excluding carboxylic acids is 2. The van der Waals surface area contributed by atoms with Gasteiger partial charge in [0.05, 0.1) is 11.5 Å². The number of hydrogen-bond acceptors (Lipinski definition) is 5. The molecule has 0 bridgehead atoms. The summed E-state index contributed by atoms with van der Waals surface area (Å²) in [5.74, 6) is -1.57. The summed E-state index contributed by atoms with van der Waals surface area (Å²) in [7, 11) is 0. The predicted molar refractivity (Wildman–Crippen MR) is 120 cm³/mol. The molecule has 1 aliphatic rings. The topological polar surface area (TPSA) is 116 Å². The summed E-state index contributed by atoms with van der Waals surface area (Å²) in [6, 6.07) is 12.5. The molecule has 0 saturated heterocycles. The van der Waals surface area contributed by atoms with Crippen molar-refractivity contribution in [1.82, 2.24) is 9.97 Å². The zero-order valence-corrected chi connectivity index (χ0v) is 17.6. The summed E-state index contributed by atoms with van der Waals surface area (Å²) < 4.78 is 0. The number of anilines is 4. The number of carbonyl (C=O) groups is 2. The Morgan fingerprint density at radius 3 is 2.58 bits per heavy atom. The molecule has 0 saturated carbocycles. The Hall–Kier alpha value is -3.65. The smallest absolute Gasteiger partial charge is 0.258 e. The number of aromatic nitrogens is 2. The van der Waals surface area contributed by atoms with E-state index in [0.29, 0.717) is 16.4 Å². The van der Waals surface area contributed by atoms with Gasteiger partial charge in [-0.15, -0.1) is 0 Å². The van der Waals surface area contributed by atoms with Gasteiger partial charge in [0, 0.05) is 22.8 Å². The van der Waals surface area contributed by atoms with Crippen molar-refractivity contribution >= 4 is 46.6 Å². The van der Waals surface area contributed by atoms with Crippen LogP contribution in [0, 0.1) is 13.8 Å². The molecule has 0 aliphatic carbocycles. The van der Waals surface area contributed by atoms with Gasteiger partial charge in [0.2, 0.25) is 17.8 Å². The van der Waals surface area contributed by atoms with Gasteiger partial charge in [0.15, 0.2) is 0 Å². The molecule has 8 nitrogen and oxygen atoms in total. The molecular formula is C22H20ClN5O3. The van der Waals surface area contributed by atoms with E-state index in [2.05, 4.69) is 25.9 Å². The maximum Gasteiger partial charge on any atom is 0.258 e. The number of halogens is 1. The van der Waals surface area contributed by atoms with E-state index in [9.17, 15) is 14.4 Å². The molecule has 0 fully saturated rings. The van der Waals surface area contributed by atoms with Crippen LogP contribution in [-0.2, 0) is 9.59 Å². The highest BCUT2D eigenvalue weighted by Gasteiger charge is 2.35. The van der Waals surface area contributed by atoms with Crippen LogP contribution in [0.1, 0.15) is 29.0 Å². The van der Waals surface area contributed by atoms with Crippen molar-refractivity contribution in [1.29, 1.82) is 0 Å². The minimum atomic E-state index is -0.953. The molecule has 2 heterocycles. The van der Waals surface area contributed by atoms with Gasteiger partial charge < -0.3 is 16.0 Å². The first kappa shape index (κ1) is 20.6. The second-order valence-electron chi connectivity index (χ2n) is 7.42. The van der Waals surface area contributed by atoms with Gasteiger partial charge in [-0.1, -0.05) is 29.3 Å². The summed E-state index contributed by atoms with van der Waals surface area (Å²) in [4.78, 5) is 45.0. The minimum absolute atomic E-state index is 0.0669. The summed E-state index contributed by atoms with van der Waals surface area (Å²) >= 11 is 5.89. The molecule has 31 heavy (non-hydrogen) atoms. The molecule has 1 aromatic heterocycles. The van der Waals surface area contributed by atoms with Crippen molar-refractivity contribution < 1.29 is 9.59 Å². The number of aromatic amines is 1. The van der Waals surface area contributed by atoms with Gasteiger partial charge in [-0.3, -0.25) is 19.4 Å². The first-order chi connectivity index (χ1) is 14.8. The van der Waals surface area contributed by atoms with Crippen LogP contribution in [0.15, 0.2) is 47.3 Å². The van der Waals surface area contributed by atoms with E-state index >= 15 is 0 Å². The molecule has 0 spiro atoms. The van der Waals surface area contributed by atoms with Crippen LogP contribution in [-0.4, -0.2) is 21.8 Å². The van der Waals surface area contributed by atoms with Gasteiger partial charge in [-0.05, 0) is 49.7 Å². The highest BCUT2D eigenvalue weighted by Crippen LogP contribution is 2.30. The number of hydrogen-bond donors (Lipinski definition) is 4. The summed E-state index contributed by atoms with van der Waals surface area (Å²) in [5, 5.41) is 8.95. The Morgan fingerprint density at radius 1 is 1.13 bits per heavy atom. The van der Waals surface area contributed by atoms with Gasteiger partial charge in [-0.2, -0.15) is 4.98 Å². The average Bonchev–Trinajstić information content (AvgIpc) is 2.71. The fourth-order valence-electron chi connectivity index (χ4n) is 3.50. The van der Waals surface area contributed by atoms with Gasteiger partial charge in [0.25, 0.3) is 5.56 Å². The first-order valence-electron chi connectivity index (χ1n) is 9.65. The minimum Gasteiger partial charge on any atom is -0.326 e. The molecule has 0 radical (unpaired) electrons. The number of H-pyrrole nitrogens is 1. The standard InChI is InChI=1S/C22H20ClN5O3/c1-11-3-8-16(12(2)9-11)25-20(30)15-10-17(29)26-19-18(15)21(31)28-22(27-19)24-14-6-4-13(23)5-7-14/h3-9,15H,10H2,1-2H3,(H,25,30)(H3,24,26,27,28,29,31)/t15-/m0/s1. The summed E-state index contributed by atoms with van der Waals surface area (Å²) in [6.45, 7) is 3.84. The largest absolute Gasteiger partial charge is 0.326 e. The number of benzene rings is 2. The van der Waals surface area contributed by atoms with Crippen LogP contribution in [0.5, 0.6) is 0 Å². The first-order valence-corrected chi connectivity index (χ1v) is 10.0. The zero-order valence-electron chi connectivity index (χ0n) is 16.9. The van der Waals surface area contributed by atoms with E-state index < -0.39 is 17.4 Å². The van der Waals surface area contributed by atoms with E-state index in [-0.39, 0.29) is 29.7 Å². The van der Waals surface area contributed by atoms with Crippen molar-refractivity contribution in [2.75, 3.05) is 16.0 Å². The Bertz CT molecular complexity index is 1240. The number of nitrogens with one attached hydrogen (secondary N) is 4. The number of nitrogens with zero attached hydrogens (tertiary/aromatic N) is 1. The van der Waals surface area contributed by atoms with Crippen molar-refractivity contribution in [2.45, 2.75) is 26.2 Å². The van der Waals surface area contributed by atoms with E-state index in [1.54, 1.807) is 30.3 Å². The van der Waals surface area contributed by atoms with Crippen LogP contribution < -0.4 is 21.5 Å². The van der Waals surface area contributed by atoms with Crippen molar-refractivity contribution in [3.63, 3.8) is 0 Å². The summed E-state index contributed by atoms with van der Waals surface area (Å²) in [6.07, 6.45) is -0.140. The lowest BCUT2D eigenvalue weighted by Gasteiger charge is -2.24. The Labute approximate surface area is 183 Å². The van der Waals surface area contributed by atoms with Crippen molar-refractivity contribution in [3.8, 4) is 0 Å². The molecule has 4 rings (SSSR count). The highest BCUT2D eigenvalue weighted by atomic mass is 35.5. The van der Waals surface area contributed by atoms with Gasteiger partial charge in [0.1, 0.15) is 5.82 Å². The molecule has 3 aromatic rings. The monoisotopic (exact) mass is 437 g/mol. The SMILES string of the molecule is Cc1ccc(NC(=O)[C@H]2CC(=O)Nc3nc(Nc4ccc(Cl)cc4)[nH]c(=O)c32)c(C)c1. The molecule has 2 aromatic carbocycles. The quantitative estimate of drug-likeness (QED) is 0.494. The van der Waals surface area contributed by atoms with E-state index in [4.69, 9.17) is 11.6 Å². The van der Waals surface area contributed by atoms with Crippen LogP contribution >= 0.6 is 11.6 Å². The molecule has 2 amide bonds. The molecule has 1 aliphatic heterocycles. The number of aryl methyl sites for hydroxylation is 2. The van der Waals surface area contributed by atoms with Crippen LogP contribution in [0.4, 0.5) is 23.1 Å². The van der Waals surface area contributed by atoms with E-state index in [1.165, 1.54) is 0 Å². The van der Waals surface area contributed by atoms with E-state index in [1.807, 2.05) is 26.0 Å². The third-order valence-electron chi connectivity index (χ3n) is 5.01. The second-order valence-corrected chi connectivity index (χ2v) is 7.86. The lowest BCUT2D eigenvalue weighted by molar-refractivity contribution is -0.123. The fourth-order valence-corrected chi connectivity index (χ4v) is 3.62. The Morgan fingerprint density at radius 2 is 1.87 bits per heavy atom. The van der Waals surface area contributed by atoms with Crippen LogP contribution in [0.3, 0.4) is 0 Å². The normalized spacial score (nSPS) is 15.1. The lowest BCUT2D eigenvalue weighted by atomic mass is 9.92.